The molecule has 1 nitrogen and oxygen atoms in total. The Morgan fingerprint density at radius 1 is 1.41 bits per heavy atom. The molecule has 17 heavy (non-hydrogen) atoms. The van der Waals surface area contributed by atoms with E-state index in [1.54, 1.807) is 11.3 Å². The van der Waals surface area contributed by atoms with Crippen LogP contribution >= 0.6 is 45.5 Å². The SMILES string of the molecule is CCNC(c1ccc(I)c(Cl)c1)c1cccs1. The predicted octanol–water partition coefficient (Wildman–Crippen LogP) is 4.71. The van der Waals surface area contributed by atoms with Crippen molar-refractivity contribution in [3.05, 3.63) is 54.7 Å². The summed E-state index contributed by atoms with van der Waals surface area (Å²) in [5.41, 5.74) is 1.22. The van der Waals surface area contributed by atoms with E-state index in [-0.39, 0.29) is 6.04 Å². The Morgan fingerprint density at radius 3 is 2.82 bits per heavy atom. The van der Waals surface area contributed by atoms with Gasteiger partial charge >= 0.3 is 0 Å². The molecule has 0 bridgehead atoms. The molecule has 1 atom stereocenters. The van der Waals surface area contributed by atoms with Crippen molar-refractivity contribution in [2.45, 2.75) is 13.0 Å². The first-order valence-corrected chi connectivity index (χ1v) is 7.77. The minimum atomic E-state index is 0.245. The molecule has 1 aromatic carbocycles. The van der Waals surface area contributed by atoms with Crippen LogP contribution in [-0.4, -0.2) is 6.54 Å². The van der Waals surface area contributed by atoms with Crippen LogP contribution < -0.4 is 5.32 Å². The molecule has 0 saturated carbocycles. The predicted molar refractivity (Wildman–Crippen MR) is 84.0 cm³/mol. The third kappa shape index (κ3) is 3.22. The largest absolute Gasteiger partial charge is 0.306 e. The Kier molecular flexibility index (Phi) is 4.85. The lowest BCUT2D eigenvalue weighted by Crippen LogP contribution is -2.21. The number of thiophene rings is 1. The molecule has 0 saturated heterocycles. The number of hydrogen-bond donors (Lipinski definition) is 1. The van der Waals surface area contributed by atoms with Crippen LogP contribution in [0, 0.1) is 3.57 Å². The molecule has 2 aromatic rings. The Labute approximate surface area is 124 Å². The molecule has 2 rings (SSSR count). The molecular formula is C13H13ClINS. The summed E-state index contributed by atoms with van der Waals surface area (Å²) in [6, 6.07) is 10.7. The van der Waals surface area contributed by atoms with Crippen molar-refractivity contribution in [1.29, 1.82) is 0 Å². The zero-order chi connectivity index (χ0) is 12.3. The van der Waals surface area contributed by atoms with E-state index in [0.29, 0.717) is 0 Å². The standard InChI is InChI=1S/C13H13ClINS/c1-2-16-13(12-4-3-7-17-12)9-5-6-11(15)10(14)8-9/h3-8,13,16H,2H2,1H3. The topological polar surface area (TPSA) is 12.0 Å². The van der Waals surface area contributed by atoms with Gasteiger partial charge in [-0.25, -0.2) is 0 Å². The van der Waals surface area contributed by atoms with Crippen LogP contribution in [0.4, 0.5) is 0 Å². The summed E-state index contributed by atoms with van der Waals surface area (Å²) in [4.78, 5) is 1.32. The van der Waals surface area contributed by atoms with E-state index in [2.05, 4.69) is 70.5 Å². The Balaban J connectivity index is 2.35. The van der Waals surface area contributed by atoms with Gasteiger partial charge in [-0.15, -0.1) is 11.3 Å². The minimum Gasteiger partial charge on any atom is -0.306 e. The van der Waals surface area contributed by atoms with E-state index in [1.165, 1.54) is 10.4 Å². The average molecular weight is 378 g/mol. The van der Waals surface area contributed by atoms with Gasteiger partial charge in [0.25, 0.3) is 0 Å². The van der Waals surface area contributed by atoms with Crippen molar-refractivity contribution in [1.82, 2.24) is 5.32 Å². The molecule has 0 fully saturated rings. The normalized spacial score (nSPS) is 12.6. The highest BCUT2D eigenvalue weighted by atomic mass is 127. The summed E-state index contributed by atoms with van der Waals surface area (Å²) in [6.45, 7) is 3.06. The van der Waals surface area contributed by atoms with Crippen molar-refractivity contribution in [3.8, 4) is 0 Å². The molecule has 4 heteroatoms. The molecule has 0 aliphatic carbocycles. The Morgan fingerprint density at radius 2 is 2.24 bits per heavy atom. The zero-order valence-corrected chi connectivity index (χ0v) is 13.1. The number of nitrogens with one attached hydrogen (secondary N) is 1. The van der Waals surface area contributed by atoms with Crippen LogP contribution in [0.2, 0.25) is 5.02 Å². The lowest BCUT2D eigenvalue weighted by molar-refractivity contribution is 0.639. The summed E-state index contributed by atoms with van der Waals surface area (Å²) in [5.74, 6) is 0. The number of hydrogen-bond acceptors (Lipinski definition) is 2. The van der Waals surface area contributed by atoms with Crippen LogP contribution in [-0.2, 0) is 0 Å². The maximum Gasteiger partial charge on any atom is 0.0671 e. The maximum absolute atomic E-state index is 6.19. The van der Waals surface area contributed by atoms with Gasteiger partial charge in [0.1, 0.15) is 0 Å². The van der Waals surface area contributed by atoms with E-state index in [9.17, 15) is 0 Å². The number of benzene rings is 1. The minimum absolute atomic E-state index is 0.245. The van der Waals surface area contributed by atoms with Crippen molar-refractivity contribution >= 4 is 45.5 Å². The van der Waals surface area contributed by atoms with Gasteiger partial charge in [0.05, 0.1) is 11.1 Å². The van der Waals surface area contributed by atoms with Gasteiger partial charge in [0.2, 0.25) is 0 Å². The first-order chi connectivity index (χ1) is 8.22. The lowest BCUT2D eigenvalue weighted by Gasteiger charge is -2.17. The first kappa shape index (κ1) is 13.3. The van der Waals surface area contributed by atoms with Gasteiger partial charge in [-0.3, -0.25) is 0 Å². The molecule has 1 unspecified atom stereocenters. The summed E-state index contributed by atoms with van der Waals surface area (Å²) in [5, 5.41) is 6.42. The molecule has 1 N–H and O–H groups in total. The zero-order valence-electron chi connectivity index (χ0n) is 9.41. The highest BCUT2D eigenvalue weighted by molar-refractivity contribution is 14.1. The fourth-order valence-electron chi connectivity index (χ4n) is 1.73. The van der Waals surface area contributed by atoms with Crippen LogP contribution in [0.25, 0.3) is 0 Å². The van der Waals surface area contributed by atoms with Gasteiger partial charge in [0, 0.05) is 8.45 Å². The van der Waals surface area contributed by atoms with Crippen molar-refractivity contribution < 1.29 is 0 Å². The van der Waals surface area contributed by atoms with Crippen LogP contribution in [0.3, 0.4) is 0 Å². The van der Waals surface area contributed by atoms with Gasteiger partial charge in [-0.05, 0) is 58.3 Å². The molecular weight excluding hydrogens is 365 g/mol. The molecule has 0 spiro atoms. The molecule has 90 valence electrons. The van der Waals surface area contributed by atoms with Crippen LogP contribution in [0.15, 0.2) is 35.7 Å². The van der Waals surface area contributed by atoms with E-state index >= 15 is 0 Å². The smallest absolute Gasteiger partial charge is 0.0671 e. The quantitative estimate of drug-likeness (QED) is 0.761. The van der Waals surface area contributed by atoms with E-state index in [0.717, 1.165) is 15.1 Å². The highest BCUT2D eigenvalue weighted by Gasteiger charge is 2.14. The van der Waals surface area contributed by atoms with Gasteiger partial charge in [-0.2, -0.15) is 0 Å². The fraction of sp³-hybridized carbons (Fsp3) is 0.231. The van der Waals surface area contributed by atoms with Crippen molar-refractivity contribution in [2.24, 2.45) is 0 Å². The van der Waals surface area contributed by atoms with Gasteiger partial charge in [0.15, 0.2) is 0 Å². The first-order valence-electron chi connectivity index (χ1n) is 5.44. The van der Waals surface area contributed by atoms with Crippen LogP contribution in [0.1, 0.15) is 23.4 Å². The number of rotatable bonds is 4. The third-order valence-electron chi connectivity index (χ3n) is 2.51. The second-order valence-electron chi connectivity index (χ2n) is 3.68. The molecule has 1 aromatic heterocycles. The van der Waals surface area contributed by atoms with Gasteiger partial charge in [-0.1, -0.05) is 30.7 Å². The van der Waals surface area contributed by atoms with E-state index < -0.39 is 0 Å². The second kappa shape index (κ2) is 6.18. The average Bonchev–Trinajstić information content (AvgIpc) is 2.83. The molecule has 0 radical (unpaired) electrons. The second-order valence-corrected chi connectivity index (χ2v) is 6.23. The summed E-state index contributed by atoms with van der Waals surface area (Å²) < 4.78 is 1.09. The third-order valence-corrected chi connectivity index (χ3v) is 5.02. The monoisotopic (exact) mass is 377 g/mol. The fourth-order valence-corrected chi connectivity index (χ4v) is 3.09. The maximum atomic E-state index is 6.19. The van der Waals surface area contributed by atoms with Crippen molar-refractivity contribution in [3.63, 3.8) is 0 Å². The molecule has 0 aliphatic heterocycles. The summed E-state index contributed by atoms with van der Waals surface area (Å²) in [7, 11) is 0. The van der Waals surface area contributed by atoms with Gasteiger partial charge < -0.3 is 5.32 Å². The molecule has 0 amide bonds. The van der Waals surface area contributed by atoms with E-state index in [4.69, 9.17) is 11.6 Å². The summed E-state index contributed by atoms with van der Waals surface area (Å²) in [6.07, 6.45) is 0. The highest BCUT2D eigenvalue weighted by Crippen LogP contribution is 2.29. The van der Waals surface area contributed by atoms with E-state index in [1.807, 2.05) is 0 Å². The Bertz CT molecular complexity index is 484. The van der Waals surface area contributed by atoms with Crippen LogP contribution in [0.5, 0.6) is 0 Å². The molecule has 1 heterocycles. The van der Waals surface area contributed by atoms with Crippen molar-refractivity contribution in [2.75, 3.05) is 6.54 Å². The lowest BCUT2D eigenvalue weighted by atomic mass is 10.1. The Hall–Kier alpha value is -0.100. The summed E-state index contributed by atoms with van der Waals surface area (Å²) >= 11 is 10.2. The molecule has 0 aliphatic rings. The number of halogens is 2.